The minimum absolute atomic E-state index is 0.0275. The Balaban J connectivity index is 1.86. The van der Waals surface area contributed by atoms with Crippen LogP contribution in [0.3, 0.4) is 0 Å². The fourth-order valence-corrected chi connectivity index (χ4v) is 2.69. The van der Waals surface area contributed by atoms with Gasteiger partial charge in [0.1, 0.15) is 6.61 Å². The molecule has 0 amide bonds. The second kappa shape index (κ2) is 12.8. The topological polar surface area (TPSA) is 116 Å². The van der Waals surface area contributed by atoms with Crippen LogP contribution >= 0.6 is 0 Å². The molecular weight excluding hydrogens is 404 g/mol. The number of aliphatic carboxylic acids is 1. The Labute approximate surface area is 179 Å². The summed E-state index contributed by atoms with van der Waals surface area (Å²) in [6.07, 6.45) is 1.04. The summed E-state index contributed by atoms with van der Waals surface area (Å²) in [5.74, 6) is -3.65. The van der Waals surface area contributed by atoms with Gasteiger partial charge in [0, 0.05) is 6.42 Å². The molecule has 0 saturated carbocycles. The molecule has 2 aromatic carbocycles. The van der Waals surface area contributed by atoms with Gasteiger partial charge in [-0.1, -0.05) is 42.8 Å². The highest BCUT2D eigenvalue weighted by molar-refractivity contribution is 5.90. The van der Waals surface area contributed by atoms with Crippen LogP contribution in [-0.2, 0) is 23.8 Å². The van der Waals surface area contributed by atoms with Crippen LogP contribution < -0.4 is 0 Å². The molecule has 8 heteroatoms. The molecule has 1 N–H and O–H groups in total. The highest BCUT2D eigenvalue weighted by Gasteiger charge is 2.23. The van der Waals surface area contributed by atoms with Crippen LogP contribution in [0, 0.1) is 5.92 Å². The third-order valence-electron chi connectivity index (χ3n) is 4.35. The van der Waals surface area contributed by atoms with E-state index >= 15 is 0 Å². The first-order chi connectivity index (χ1) is 15.0. The van der Waals surface area contributed by atoms with Crippen molar-refractivity contribution in [1.29, 1.82) is 0 Å². The maximum Gasteiger partial charge on any atom is 0.340 e. The smallest absolute Gasteiger partial charge is 0.340 e. The van der Waals surface area contributed by atoms with Gasteiger partial charge >= 0.3 is 23.9 Å². The van der Waals surface area contributed by atoms with Gasteiger partial charge in [0.2, 0.25) is 6.79 Å². The van der Waals surface area contributed by atoms with Crippen molar-refractivity contribution in [3.63, 3.8) is 0 Å². The molecule has 0 aliphatic rings. The predicted octanol–water partition coefficient (Wildman–Crippen LogP) is 3.46. The van der Waals surface area contributed by atoms with Crippen LogP contribution in [-0.4, -0.2) is 42.4 Å². The van der Waals surface area contributed by atoms with Crippen LogP contribution in [0.5, 0.6) is 0 Å². The third-order valence-corrected chi connectivity index (χ3v) is 4.35. The Bertz CT molecular complexity index is 864. The quantitative estimate of drug-likeness (QED) is 0.310. The normalized spacial score (nSPS) is 11.2. The summed E-state index contributed by atoms with van der Waals surface area (Å²) in [5, 5.41) is 8.74. The number of carbonyl (C=O) groups is 4. The van der Waals surface area contributed by atoms with Gasteiger partial charge < -0.3 is 19.3 Å². The number of unbranched alkanes of at least 4 members (excludes halogenated alkanes) is 1. The van der Waals surface area contributed by atoms with Crippen LogP contribution in [0.1, 0.15) is 46.4 Å². The molecule has 2 aromatic rings. The molecule has 8 nitrogen and oxygen atoms in total. The van der Waals surface area contributed by atoms with Gasteiger partial charge in [0.05, 0.1) is 17.0 Å². The van der Waals surface area contributed by atoms with Crippen molar-refractivity contribution in [3.05, 3.63) is 71.8 Å². The number of carboxylic acids is 1. The summed E-state index contributed by atoms with van der Waals surface area (Å²) < 4.78 is 15.2. The first-order valence-electron chi connectivity index (χ1n) is 9.80. The fourth-order valence-electron chi connectivity index (χ4n) is 2.69. The maximum atomic E-state index is 12.4. The van der Waals surface area contributed by atoms with E-state index in [4.69, 9.17) is 19.3 Å². The molecule has 0 radical (unpaired) electrons. The van der Waals surface area contributed by atoms with Crippen molar-refractivity contribution in [2.24, 2.45) is 5.92 Å². The summed E-state index contributed by atoms with van der Waals surface area (Å²) in [5.41, 5.74) is 0.665. The number of esters is 3. The second-order valence-electron chi connectivity index (χ2n) is 6.68. The SMILES string of the molecule is O=C(O)CCCCC(COC(=O)c1ccccc1)C(=O)OCOC(=O)c1ccccc1. The molecule has 0 spiro atoms. The lowest BCUT2D eigenvalue weighted by Crippen LogP contribution is -2.26. The standard InChI is InChI=1S/C23H24O8/c24-20(25)14-8-7-13-19(15-29-21(26)17-9-3-1-4-10-17)23(28)31-16-30-22(27)18-11-5-2-6-12-18/h1-6,9-12,19H,7-8,13-16H2,(H,24,25). The zero-order chi connectivity index (χ0) is 22.5. The molecule has 1 atom stereocenters. The monoisotopic (exact) mass is 428 g/mol. The zero-order valence-corrected chi connectivity index (χ0v) is 16.9. The van der Waals surface area contributed by atoms with Crippen LogP contribution in [0.2, 0.25) is 0 Å². The number of hydrogen-bond acceptors (Lipinski definition) is 7. The van der Waals surface area contributed by atoms with Gasteiger partial charge in [0.25, 0.3) is 0 Å². The third kappa shape index (κ3) is 8.69. The summed E-state index contributed by atoms with van der Waals surface area (Å²) >= 11 is 0. The predicted molar refractivity (Wildman–Crippen MR) is 109 cm³/mol. The van der Waals surface area contributed by atoms with E-state index in [1.54, 1.807) is 60.7 Å². The van der Waals surface area contributed by atoms with Gasteiger partial charge in [-0.2, -0.15) is 0 Å². The average Bonchev–Trinajstić information content (AvgIpc) is 2.79. The first kappa shape index (κ1) is 23.6. The molecular formula is C23H24O8. The van der Waals surface area contributed by atoms with E-state index in [0.717, 1.165) is 0 Å². The van der Waals surface area contributed by atoms with Crippen molar-refractivity contribution in [2.75, 3.05) is 13.4 Å². The summed E-state index contributed by atoms with van der Waals surface area (Å²) in [6, 6.07) is 16.6. The number of carbonyl (C=O) groups excluding carboxylic acids is 3. The van der Waals surface area contributed by atoms with Gasteiger partial charge in [-0.3, -0.25) is 9.59 Å². The minimum Gasteiger partial charge on any atom is -0.481 e. The van der Waals surface area contributed by atoms with E-state index < -0.39 is 36.6 Å². The molecule has 0 aliphatic heterocycles. The Morgan fingerprint density at radius 2 is 1.29 bits per heavy atom. The molecule has 2 rings (SSSR count). The first-order valence-corrected chi connectivity index (χ1v) is 9.80. The Kier molecular flexibility index (Phi) is 9.74. The highest BCUT2D eigenvalue weighted by Crippen LogP contribution is 2.14. The zero-order valence-electron chi connectivity index (χ0n) is 16.9. The second-order valence-corrected chi connectivity index (χ2v) is 6.68. The van der Waals surface area contributed by atoms with Crippen LogP contribution in [0.4, 0.5) is 0 Å². The highest BCUT2D eigenvalue weighted by atomic mass is 16.7. The fraction of sp³-hybridized carbons (Fsp3) is 0.304. The lowest BCUT2D eigenvalue weighted by atomic mass is 10.0. The molecule has 31 heavy (non-hydrogen) atoms. The number of rotatable bonds is 12. The minimum atomic E-state index is -0.928. The van der Waals surface area contributed by atoms with Crippen molar-refractivity contribution < 1.29 is 38.5 Å². The summed E-state index contributed by atoms with van der Waals surface area (Å²) in [4.78, 5) is 47.1. The van der Waals surface area contributed by atoms with Crippen molar-refractivity contribution in [1.82, 2.24) is 0 Å². The molecule has 0 fully saturated rings. The van der Waals surface area contributed by atoms with E-state index in [2.05, 4.69) is 0 Å². The summed E-state index contributed by atoms with van der Waals surface area (Å²) in [6.45, 7) is -0.808. The van der Waals surface area contributed by atoms with Crippen molar-refractivity contribution in [2.45, 2.75) is 25.7 Å². The molecule has 0 saturated heterocycles. The molecule has 0 heterocycles. The molecule has 1 unspecified atom stereocenters. The number of ether oxygens (including phenoxy) is 3. The lowest BCUT2D eigenvalue weighted by molar-refractivity contribution is -0.158. The molecule has 0 aliphatic carbocycles. The number of benzene rings is 2. The lowest BCUT2D eigenvalue weighted by Gasteiger charge is -2.16. The molecule has 0 bridgehead atoms. The van der Waals surface area contributed by atoms with Crippen LogP contribution in [0.25, 0.3) is 0 Å². The van der Waals surface area contributed by atoms with Gasteiger partial charge in [-0.05, 0) is 37.1 Å². The maximum absolute atomic E-state index is 12.4. The number of carboxylic acid groups (broad SMARTS) is 1. The van der Waals surface area contributed by atoms with E-state index in [9.17, 15) is 19.2 Å². The van der Waals surface area contributed by atoms with Crippen molar-refractivity contribution >= 4 is 23.9 Å². The Morgan fingerprint density at radius 3 is 1.84 bits per heavy atom. The van der Waals surface area contributed by atoms with E-state index in [-0.39, 0.29) is 19.4 Å². The van der Waals surface area contributed by atoms with E-state index in [0.29, 0.717) is 24.0 Å². The Morgan fingerprint density at radius 1 is 0.742 bits per heavy atom. The van der Waals surface area contributed by atoms with E-state index in [1.165, 1.54) is 0 Å². The summed E-state index contributed by atoms with van der Waals surface area (Å²) in [7, 11) is 0. The van der Waals surface area contributed by atoms with Crippen molar-refractivity contribution in [3.8, 4) is 0 Å². The molecule has 0 aromatic heterocycles. The largest absolute Gasteiger partial charge is 0.481 e. The van der Waals surface area contributed by atoms with Gasteiger partial charge in [0.15, 0.2) is 0 Å². The van der Waals surface area contributed by atoms with E-state index in [1.807, 2.05) is 0 Å². The average molecular weight is 428 g/mol. The molecule has 164 valence electrons. The van der Waals surface area contributed by atoms with Crippen LogP contribution in [0.15, 0.2) is 60.7 Å². The van der Waals surface area contributed by atoms with Gasteiger partial charge in [-0.15, -0.1) is 0 Å². The van der Waals surface area contributed by atoms with Gasteiger partial charge in [-0.25, -0.2) is 9.59 Å². The number of hydrogen-bond donors (Lipinski definition) is 1. The Hall–Kier alpha value is -3.68.